The van der Waals surface area contributed by atoms with E-state index < -0.39 is 37.3 Å². The summed E-state index contributed by atoms with van der Waals surface area (Å²) in [6.45, 7) is -0.223. The Balaban J connectivity index is 0. The minimum atomic E-state index is -1.86. The monoisotopic (exact) mass is 310 g/mol. The molecule has 0 rings (SSSR count). The number of guanidine groups is 1. The van der Waals surface area contributed by atoms with Gasteiger partial charge in [0, 0.05) is 6.54 Å². The number of ketones is 1. The molecule has 0 aromatic rings. The first-order valence-corrected chi connectivity index (χ1v) is 6.38. The second-order valence-electron chi connectivity index (χ2n) is 4.15. The Kier molecular flexibility index (Phi) is 14.3. The van der Waals surface area contributed by atoms with Crippen molar-refractivity contribution in [3.63, 3.8) is 0 Å². The Morgan fingerprint density at radius 1 is 1.19 bits per heavy atom. The maximum atomic E-state index is 10.5. The summed E-state index contributed by atoms with van der Waals surface area (Å²) in [5.74, 6) is -0.970. The normalized spacial score (nSPS) is 14.4. The lowest BCUT2D eigenvalue weighted by Crippen LogP contribution is -2.44. The fraction of sp³-hybridized carbons (Fsp3) is 0.818. The Labute approximate surface area is 122 Å². The number of hydrogen-bond acceptors (Lipinski definition) is 8. The molecule has 0 saturated carbocycles. The Hall–Kier alpha value is -1.30. The van der Waals surface area contributed by atoms with Gasteiger partial charge in [0.15, 0.2) is 11.7 Å². The van der Waals surface area contributed by atoms with Crippen LogP contribution in [0.2, 0.25) is 0 Å². The quantitative estimate of drug-likeness (QED) is 0.115. The first-order valence-electron chi connectivity index (χ1n) is 6.38. The fourth-order valence-electron chi connectivity index (χ4n) is 1.09. The summed E-state index contributed by atoms with van der Waals surface area (Å²) < 4.78 is 0. The van der Waals surface area contributed by atoms with Gasteiger partial charge in [-0.3, -0.25) is 10.2 Å². The zero-order valence-electron chi connectivity index (χ0n) is 11.8. The van der Waals surface area contributed by atoms with Gasteiger partial charge in [-0.2, -0.15) is 0 Å². The van der Waals surface area contributed by atoms with Crippen molar-refractivity contribution in [1.29, 1.82) is 5.41 Å². The van der Waals surface area contributed by atoms with Crippen LogP contribution in [0.3, 0.4) is 0 Å². The number of nitrogens with one attached hydrogen (secondary N) is 2. The molecular formula is C11H26N4O6. The molecule has 11 N–H and O–H groups in total. The second-order valence-corrected chi connectivity index (χ2v) is 4.15. The first kappa shape index (κ1) is 22.0. The van der Waals surface area contributed by atoms with Gasteiger partial charge in [-0.1, -0.05) is 0 Å². The number of carbonyl (C=O) groups excluding carboxylic acids is 1. The van der Waals surface area contributed by atoms with E-state index in [4.69, 9.17) is 42.4 Å². The van der Waals surface area contributed by atoms with Gasteiger partial charge < -0.3 is 42.3 Å². The van der Waals surface area contributed by atoms with E-state index in [1.807, 2.05) is 0 Å². The molecule has 0 radical (unpaired) electrons. The highest BCUT2D eigenvalue weighted by molar-refractivity contribution is 5.84. The third kappa shape index (κ3) is 12.2. The molecular weight excluding hydrogens is 284 g/mol. The summed E-state index contributed by atoms with van der Waals surface area (Å²) in [5, 5.41) is 52.5. The van der Waals surface area contributed by atoms with Crippen molar-refractivity contribution in [3.05, 3.63) is 0 Å². The van der Waals surface area contributed by atoms with E-state index in [0.29, 0.717) is 6.54 Å². The van der Waals surface area contributed by atoms with E-state index in [1.165, 1.54) is 0 Å². The zero-order chi connectivity index (χ0) is 16.8. The minimum Gasteiger partial charge on any atom is -0.394 e. The molecule has 21 heavy (non-hydrogen) atoms. The largest absolute Gasteiger partial charge is 0.394 e. The predicted molar refractivity (Wildman–Crippen MR) is 75.4 cm³/mol. The molecule has 10 nitrogen and oxygen atoms in total. The van der Waals surface area contributed by atoms with Gasteiger partial charge in [0.1, 0.15) is 24.9 Å². The summed E-state index contributed by atoms with van der Waals surface area (Å²) in [4.78, 5) is 10.5. The first-order chi connectivity index (χ1) is 9.81. The minimum absolute atomic E-state index is 0.0343. The third-order valence-electron chi connectivity index (χ3n) is 2.34. The van der Waals surface area contributed by atoms with Gasteiger partial charge in [0.2, 0.25) is 0 Å². The van der Waals surface area contributed by atoms with Gasteiger partial charge in [-0.15, -0.1) is 0 Å². The van der Waals surface area contributed by atoms with Gasteiger partial charge >= 0.3 is 0 Å². The van der Waals surface area contributed by atoms with E-state index in [0.717, 1.165) is 19.4 Å². The van der Waals surface area contributed by atoms with Crippen LogP contribution in [0.1, 0.15) is 12.8 Å². The van der Waals surface area contributed by atoms with E-state index in [9.17, 15) is 4.79 Å². The number of rotatable bonds is 9. The lowest BCUT2D eigenvalue weighted by molar-refractivity contribution is -0.142. The average molecular weight is 310 g/mol. The van der Waals surface area contributed by atoms with Crippen LogP contribution < -0.4 is 16.8 Å². The van der Waals surface area contributed by atoms with Crippen LogP contribution in [0.25, 0.3) is 0 Å². The maximum Gasteiger partial charge on any atom is 0.189 e. The molecule has 0 aromatic carbocycles. The summed E-state index contributed by atoms with van der Waals surface area (Å²) in [7, 11) is 0. The fourth-order valence-corrected chi connectivity index (χ4v) is 1.09. The van der Waals surface area contributed by atoms with Gasteiger partial charge in [0.05, 0.1) is 6.61 Å². The topological polar surface area (TPSA) is 206 Å². The smallest absolute Gasteiger partial charge is 0.189 e. The highest BCUT2D eigenvalue weighted by Gasteiger charge is 2.28. The number of aliphatic hydroxyl groups is 5. The van der Waals surface area contributed by atoms with Crippen molar-refractivity contribution in [2.45, 2.75) is 31.2 Å². The highest BCUT2D eigenvalue weighted by Crippen LogP contribution is 2.00. The van der Waals surface area contributed by atoms with E-state index in [1.54, 1.807) is 0 Å². The molecule has 0 aliphatic carbocycles. The van der Waals surface area contributed by atoms with Crippen LogP contribution in [0.15, 0.2) is 0 Å². The number of nitrogens with two attached hydrogens (primary N) is 2. The molecule has 0 amide bonds. The van der Waals surface area contributed by atoms with E-state index in [-0.39, 0.29) is 5.96 Å². The van der Waals surface area contributed by atoms with E-state index >= 15 is 0 Å². The maximum absolute atomic E-state index is 10.5. The standard InChI is InChI=1S/C6H12O6.C5H14N4/c7-1-3(9)5(11)6(12)4(10)2-8;6-3-1-2-4-9-5(7)8/h3,5-9,11-12H,1-2H2;1-4,6H2,(H4,7,8,9)/t3-,5+,6+;/m0./s1. The van der Waals surface area contributed by atoms with Crippen molar-refractivity contribution in [1.82, 2.24) is 5.32 Å². The van der Waals surface area contributed by atoms with Crippen molar-refractivity contribution < 1.29 is 30.3 Å². The summed E-state index contributed by atoms with van der Waals surface area (Å²) >= 11 is 0. The van der Waals surface area contributed by atoms with Crippen LogP contribution in [0, 0.1) is 5.41 Å². The summed E-state index contributed by atoms with van der Waals surface area (Å²) in [5.41, 5.74) is 10.2. The second kappa shape index (κ2) is 13.7. The van der Waals surface area contributed by atoms with Gasteiger partial charge in [0.25, 0.3) is 0 Å². The molecule has 0 aromatic heterocycles. The molecule has 0 fully saturated rings. The Bertz CT molecular complexity index is 292. The average Bonchev–Trinajstić information content (AvgIpc) is 2.48. The molecule has 10 heteroatoms. The number of Topliss-reactive ketones (excluding diaryl/α,β-unsaturated/α-hetero) is 1. The van der Waals surface area contributed by atoms with Crippen molar-refractivity contribution in [2.75, 3.05) is 26.3 Å². The molecule has 0 bridgehead atoms. The SMILES string of the molecule is N=C(N)NCCCCN.O=C(CO)[C@@H](O)[C@H](O)[C@@H](O)CO. The molecule has 0 spiro atoms. The van der Waals surface area contributed by atoms with Crippen molar-refractivity contribution in [2.24, 2.45) is 11.5 Å². The zero-order valence-corrected chi connectivity index (χ0v) is 11.8. The Morgan fingerprint density at radius 2 is 1.76 bits per heavy atom. The van der Waals surface area contributed by atoms with Crippen LogP contribution in [-0.2, 0) is 4.79 Å². The number of aliphatic hydroxyl groups excluding tert-OH is 5. The number of unbranched alkanes of at least 4 members (excludes halogenated alkanes) is 1. The van der Waals surface area contributed by atoms with Gasteiger partial charge in [-0.25, -0.2) is 0 Å². The summed E-state index contributed by atoms with van der Waals surface area (Å²) in [6, 6.07) is 0. The summed E-state index contributed by atoms with van der Waals surface area (Å²) in [6.07, 6.45) is -3.25. The van der Waals surface area contributed by atoms with Crippen molar-refractivity contribution >= 4 is 11.7 Å². The van der Waals surface area contributed by atoms with Crippen LogP contribution in [0.4, 0.5) is 0 Å². The van der Waals surface area contributed by atoms with Crippen LogP contribution >= 0.6 is 0 Å². The Morgan fingerprint density at radius 3 is 2.14 bits per heavy atom. The molecule has 0 aliphatic rings. The van der Waals surface area contributed by atoms with E-state index in [2.05, 4.69) is 5.32 Å². The predicted octanol–water partition coefficient (Wildman–Crippen LogP) is -4.17. The molecule has 0 aliphatic heterocycles. The van der Waals surface area contributed by atoms with Crippen molar-refractivity contribution in [3.8, 4) is 0 Å². The third-order valence-corrected chi connectivity index (χ3v) is 2.34. The highest BCUT2D eigenvalue weighted by atomic mass is 16.4. The number of carbonyl (C=O) groups is 1. The van der Waals surface area contributed by atoms with Crippen LogP contribution in [0.5, 0.6) is 0 Å². The lowest BCUT2D eigenvalue weighted by Gasteiger charge is -2.19. The molecule has 0 unspecified atom stereocenters. The molecule has 3 atom stereocenters. The van der Waals surface area contributed by atoms with Crippen LogP contribution in [-0.4, -0.2) is 81.9 Å². The molecule has 0 saturated heterocycles. The van der Waals surface area contributed by atoms with Gasteiger partial charge in [-0.05, 0) is 19.4 Å². The lowest BCUT2D eigenvalue weighted by atomic mass is 10.1. The molecule has 126 valence electrons. The molecule has 0 heterocycles. The number of hydrogen-bond donors (Lipinski definition) is 9.